The zero-order chi connectivity index (χ0) is 33.2. The molecule has 0 bridgehead atoms. The van der Waals surface area contributed by atoms with E-state index in [2.05, 4.69) is 27.7 Å². The Bertz CT molecular complexity index is 1420. The Morgan fingerprint density at radius 3 is 1.98 bits per heavy atom. The fourth-order valence-corrected chi connectivity index (χ4v) is 6.39. The largest absolute Gasteiger partial charge is 0.494 e. The van der Waals surface area contributed by atoms with Gasteiger partial charge in [0.25, 0.3) is 0 Å². The van der Waals surface area contributed by atoms with Crippen molar-refractivity contribution in [3.8, 4) is 22.6 Å². The Hall–Kier alpha value is -3.68. The summed E-state index contributed by atoms with van der Waals surface area (Å²) in [6.45, 7) is 12.5. The first kappa shape index (κ1) is 34.6. The molecule has 252 valence electrons. The van der Waals surface area contributed by atoms with Crippen LogP contribution in [-0.4, -0.2) is 51.1 Å². The van der Waals surface area contributed by atoms with Gasteiger partial charge in [0.1, 0.15) is 17.6 Å². The van der Waals surface area contributed by atoms with Crippen molar-refractivity contribution in [3.05, 3.63) is 83.9 Å². The van der Waals surface area contributed by atoms with E-state index in [4.69, 9.17) is 23.7 Å². The highest BCUT2D eigenvalue weighted by Crippen LogP contribution is 2.36. The van der Waals surface area contributed by atoms with Gasteiger partial charge in [-0.1, -0.05) is 58.4 Å². The fraction of sp³-hybridized carbons (Fsp3) is 0.500. The van der Waals surface area contributed by atoms with E-state index >= 15 is 0 Å². The monoisotopic (exact) mass is 642 g/mol. The maximum absolute atomic E-state index is 13.0. The molecule has 1 aliphatic heterocycles. The normalized spacial score (nSPS) is 20.3. The zero-order valence-electron chi connectivity index (χ0n) is 28.4. The first-order valence-corrected chi connectivity index (χ1v) is 17.3. The van der Waals surface area contributed by atoms with Gasteiger partial charge in [0, 0.05) is 12.0 Å². The summed E-state index contributed by atoms with van der Waals surface area (Å²) in [6, 6.07) is 21.8. The number of hydrogen-bond donors (Lipinski definition) is 0. The van der Waals surface area contributed by atoms with Gasteiger partial charge in [0.2, 0.25) is 0 Å². The first-order valence-electron chi connectivity index (χ1n) is 17.3. The number of esters is 2. The molecule has 1 heterocycles. The first-order chi connectivity index (χ1) is 22.7. The lowest BCUT2D eigenvalue weighted by atomic mass is 9.75. The van der Waals surface area contributed by atoms with Crippen LogP contribution in [0.15, 0.2) is 72.8 Å². The number of benzene rings is 3. The molecule has 3 aromatic rings. The van der Waals surface area contributed by atoms with Gasteiger partial charge in [-0.3, -0.25) is 0 Å². The highest BCUT2D eigenvalue weighted by atomic mass is 16.5. The van der Waals surface area contributed by atoms with Crippen LogP contribution < -0.4 is 9.47 Å². The van der Waals surface area contributed by atoms with Crippen molar-refractivity contribution in [2.24, 2.45) is 23.2 Å². The van der Waals surface area contributed by atoms with E-state index in [1.165, 1.54) is 6.42 Å². The van der Waals surface area contributed by atoms with Crippen molar-refractivity contribution in [1.82, 2.24) is 0 Å². The highest BCUT2D eigenvalue weighted by molar-refractivity contribution is 5.92. The summed E-state index contributed by atoms with van der Waals surface area (Å²) < 4.78 is 28.6. The molecule has 3 unspecified atom stereocenters. The average molecular weight is 643 g/mol. The van der Waals surface area contributed by atoms with Crippen LogP contribution in [0.2, 0.25) is 0 Å². The third-order valence-electron chi connectivity index (χ3n) is 9.76. The lowest BCUT2D eigenvalue weighted by molar-refractivity contribution is -0.150. The van der Waals surface area contributed by atoms with Crippen molar-refractivity contribution < 1.29 is 33.3 Å². The maximum Gasteiger partial charge on any atom is 0.343 e. The van der Waals surface area contributed by atoms with Crippen LogP contribution >= 0.6 is 0 Å². The van der Waals surface area contributed by atoms with Gasteiger partial charge in [0.05, 0.1) is 37.6 Å². The van der Waals surface area contributed by atoms with E-state index < -0.39 is 5.97 Å². The smallest absolute Gasteiger partial charge is 0.343 e. The number of carbonyl (C=O) groups is 2. The van der Waals surface area contributed by atoms with E-state index in [9.17, 15) is 9.59 Å². The van der Waals surface area contributed by atoms with Crippen LogP contribution in [-0.2, 0) is 14.2 Å². The predicted octanol–water partition coefficient (Wildman–Crippen LogP) is 8.79. The second-order valence-electron chi connectivity index (χ2n) is 13.7. The minimum Gasteiger partial charge on any atom is -0.494 e. The molecule has 0 spiro atoms. The van der Waals surface area contributed by atoms with Gasteiger partial charge < -0.3 is 23.7 Å². The van der Waals surface area contributed by atoms with E-state index in [-0.39, 0.29) is 17.5 Å². The van der Waals surface area contributed by atoms with E-state index in [1.807, 2.05) is 48.5 Å². The molecule has 3 aromatic carbocycles. The molecule has 0 radical (unpaired) electrons. The number of unbranched alkanes of at least 4 members (excludes halogenated alkanes) is 1. The summed E-state index contributed by atoms with van der Waals surface area (Å²) in [5.41, 5.74) is 3.12. The van der Waals surface area contributed by atoms with Crippen molar-refractivity contribution in [2.45, 2.75) is 72.3 Å². The lowest BCUT2D eigenvalue weighted by Crippen LogP contribution is -2.45. The quantitative estimate of drug-likeness (QED) is 0.0931. The summed E-state index contributed by atoms with van der Waals surface area (Å²) in [4.78, 5) is 25.8. The molecule has 3 atom stereocenters. The van der Waals surface area contributed by atoms with Gasteiger partial charge in [0.15, 0.2) is 0 Å². The van der Waals surface area contributed by atoms with Gasteiger partial charge >= 0.3 is 11.9 Å². The Morgan fingerprint density at radius 2 is 1.40 bits per heavy atom. The Kier molecular flexibility index (Phi) is 12.1. The standard InChI is InChI=1S/C40H50O7/c1-5-40(26-44-27-40)25-43-22-6-7-23-45-34-17-19-35(20-18-34)46-38(41)32-13-9-30(10-14-32)31-11-15-33(16-12-31)39(42)47-37-24-29(4)8-21-36(37)28(2)3/h9-20,28-29,36-37H,5-8,21-27H2,1-4H3. The van der Waals surface area contributed by atoms with Crippen LogP contribution in [0.5, 0.6) is 11.5 Å². The summed E-state index contributed by atoms with van der Waals surface area (Å²) >= 11 is 0. The van der Waals surface area contributed by atoms with Gasteiger partial charge in [-0.15, -0.1) is 0 Å². The SMILES string of the molecule is CCC1(COCCCCOc2ccc(OC(=O)c3ccc(-c4ccc(C(=O)OC5CC(C)CCC5C(C)C)cc4)cc3)cc2)COC1. The number of rotatable bonds is 15. The highest BCUT2D eigenvalue weighted by Gasteiger charge is 2.37. The molecular formula is C40H50O7. The zero-order valence-corrected chi connectivity index (χ0v) is 28.4. The van der Waals surface area contributed by atoms with Gasteiger partial charge in [-0.25, -0.2) is 9.59 Å². The molecule has 1 aliphatic carbocycles. The predicted molar refractivity (Wildman–Crippen MR) is 183 cm³/mol. The number of hydrogen-bond acceptors (Lipinski definition) is 7. The molecule has 47 heavy (non-hydrogen) atoms. The molecule has 2 fully saturated rings. The van der Waals surface area contributed by atoms with Crippen molar-refractivity contribution >= 4 is 11.9 Å². The molecule has 7 nitrogen and oxygen atoms in total. The summed E-state index contributed by atoms with van der Waals surface area (Å²) in [7, 11) is 0. The van der Waals surface area contributed by atoms with E-state index in [1.54, 1.807) is 24.3 Å². The molecule has 2 aliphatic rings. The molecule has 0 amide bonds. The molecule has 5 rings (SSSR count). The van der Waals surface area contributed by atoms with Crippen LogP contribution in [0.3, 0.4) is 0 Å². The molecule has 0 aromatic heterocycles. The van der Waals surface area contributed by atoms with E-state index in [0.717, 1.165) is 75.4 Å². The van der Waals surface area contributed by atoms with Crippen LogP contribution in [0.4, 0.5) is 0 Å². The van der Waals surface area contributed by atoms with Crippen LogP contribution in [0.1, 0.15) is 86.9 Å². The summed E-state index contributed by atoms with van der Waals surface area (Å²) in [5, 5.41) is 0. The molecule has 0 N–H and O–H groups in total. The van der Waals surface area contributed by atoms with Crippen molar-refractivity contribution in [1.29, 1.82) is 0 Å². The second kappa shape index (κ2) is 16.4. The second-order valence-corrected chi connectivity index (χ2v) is 13.7. The minimum absolute atomic E-state index is 0.0307. The van der Waals surface area contributed by atoms with Crippen LogP contribution in [0.25, 0.3) is 11.1 Å². The topological polar surface area (TPSA) is 80.3 Å². The summed E-state index contributed by atoms with van der Waals surface area (Å²) in [5.74, 6) is 1.96. The van der Waals surface area contributed by atoms with Crippen molar-refractivity contribution in [3.63, 3.8) is 0 Å². The Balaban J connectivity index is 1.04. The average Bonchev–Trinajstić information content (AvgIpc) is 3.06. The molecule has 7 heteroatoms. The van der Waals surface area contributed by atoms with Gasteiger partial charge in [-0.05, 0) is 110 Å². The minimum atomic E-state index is -0.432. The Labute approximate surface area is 279 Å². The Morgan fingerprint density at radius 1 is 0.809 bits per heavy atom. The molecular weight excluding hydrogens is 592 g/mol. The third-order valence-corrected chi connectivity index (χ3v) is 9.76. The molecule has 1 saturated carbocycles. The fourth-order valence-electron chi connectivity index (χ4n) is 6.39. The summed E-state index contributed by atoms with van der Waals surface area (Å²) in [6.07, 6.45) is 6.12. The maximum atomic E-state index is 13.0. The molecule has 1 saturated heterocycles. The van der Waals surface area contributed by atoms with Crippen molar-refractivity contribution in [2.75, 3.05) is 33.0 Å². The number of carbonyl (C=O) groups excluding carboxylic acids is 2. The van der Waals surface area contributed by atoms with Crippen LogP contribution in [0, 0.1) is 23.2 Å². The number of ether oxygens (including phenoxy) is 5. The van der Waals surface area contributed by atoms with E-state index in [0.29, 0.717) is 41.2 Å². The van der Waals surface area contributed by atoms with Gasteiger partial charge in [-0.2, -0.15) is 0 Å². The third kappa shape index (κ3) is 9.45. The lowest BCUT2D eigenvalue weighted by Gasteiger charge is -2.40.